The molecule has 19 heavy (non-hydrogen) atoms. The zero-order chi connectivity index (χ0) is 14.6. The van der Waals surface area contributed by atoms with Crippen LogP contribution in [0.15, 0.2) is 24.3 Å². The lowest BCUT2D eigenvalue weighted by Crippen LogP contribution is -2.39. The Bertz CT molecular complexity index is 451. The van der Waals surface area contributed by atoms with Crippen molar-refractivity contribution in [2.45, 2.75) is 25.2 Å². The van der Waals surface area contributed by atoms with Crippen LogP contribution in [0, 0.1) is 10.1 Å². The first-order valence-electron chi connectivity index (χ1n) is 5.45. The molecule has 2 N–H and O–H groups in total. The van der Waals surface area contributed by atoms with Gasteiger partial charge in [0.1, 0.15) is 0 Å². The SMILES string of the molecule is CC(NCC(O)C(F)(F)F)c1ccccc1[N+](=O)[O-]. The van der Waals surface area contributed by atoms with Crippen LogP contribution in [-0.2, 0) is 0 Å². The van der Waals surface area contributed by atoms with E-state index in [4.69, 9.17) is 5.11 Å². The predicted molar refractivity (Wildman–Crippen MR) is 61.6 cm³/mol. The van der Waals surface area contributed by atoms with Crippen molar-refractivity contribution in [2.75, 3.05) is 6.54 Å². The molecule has 0 radical (unpaired) electrons. The van der Waals surface area contributed by atoms with Crippen molar-refractivity contribution in [3.05, 3.63) is 39.9 Å². The largest absolute Gasteiger partial charge is 0.415 e. The smallest absolute Gasteiger partial charge is 0.382 e. The van der Waals surface area contributed by atoms with Crippen molar-refractivity contribution >= 4 is 5.69 Å². The predicted octanol–water partition coefficient (Wildman–Crippen LogP) is 2.17. The fraction of sp³-hybridized carbons (Fsp3) is 0.455. The Labute approximate surface area is 107 Å². The van der Waals surface area contributed by atoms with Crippen molar-refractivity contribution in [3.8, 4) is 0 Å². The van der Waals surface area contributed by atoms with E-state index >= 15 is 0 Å². The molecule has 8 heteroatoms. The summed E-state index contributed by atoms with van der Waals surface area (Å²) in [7, 11) is 0. The number of halogens is 3. The topological polar surface area (TPSA) is 75.4 Å². The van der Waals surface area contributed by atoms with E-state index < -0.39 is 29.8 Å². The lowest BCUT2D eigenvalue weighted by Gasteiger charge is -2.19. The molecule has 5 nitrogen and oxygen atoms in total. The molecule has 0 spiro atoms. The summed E-state index contributed by atoms with van der Waals surface area (Å²) in [5, 5.41) is 22.0. The van der Waals surface area contributed by atoms with Gasteiger partial charge in [-0.05, 0) is 6.92 Å². The van der Waals surface area contributed by atoms with Crippen LogP contribution in [0.5, 0.6) is 0 Å². The molecule has 1 rings (SSSR count). The normalized spacial score (nSPS) is 15.0. The van der Waals surface area contributed by atoms with E-state index in [1.165, 1.54) is 25.1 Å². The van der Waals surface area contributed by atoms with E-state index in [1.807, 2.05) is 0 Å². The van der Waals surface area contributed by atoms with Gasteiger partial charge in [-0.2, -0.15) is 13.2 Å². The highest BCUT2D eigenvalue weighted by Gasteiger charge is 2.38. The Balaban J connectivity index is 2.74. The summed E-state index contributed by atoms with van der Waals surface area (Å²) in [6, 6.07) is 5.07. The number of hydrogen-bond donors (Lipinski definition) is 2. The van der Waals surface area contributed by atoms with Crippen molar-refractivity contribution in [3.63, 3.8) is 0 Å². The third-order valence-corrected chi connectivity index (χ3v) is 2.60. The Morgan fingerprint density at radius 1 is 1.42 bits per heavy atom. The molecule has 0 aliphatic heterocycles. The first-order chi connectivity index (χ1) is 8.73. The maximum absolute atomic E-state index is 12.1. The van der Waals surface area contributed by atoms with Gasteiger partial charge in [0.2, 0.25) is 0 Å². The molecule has 0 heterocycles. The van der Waals surface area contributed by atoms with E-state index in [1.54, 1.807) is 6.07 Å². The van der Waals surface area contributed by atoms with Crippen LogP contribution < -0.4 is 5.32 Å². The number of nitro groups is 1. The minimum atomic E-state index is -4.71. The maximum atomic E-state index is 12.1. The molecule has 0 aliphatic rings. The first kappa shape index (κ1) is 15.4. The Morgan fingerprint density at radius 3 is 2.53 bits per heavy atom. The fourth-order valence-corrected chi connectivity index (χ4v) is 1.53. The standard InChI is InChI=1S/C11H13F3N2O3/c1-7(15-6-10(17)11(12,13)14)8-4-2-3-5-9(8)16(18)19/h2-5,7,10,15,17H,6H2,1H3. The number of para-hydroxylation sites is 1. The summed E-state index contributed by atoms with van der Waals surface area (Å²) in [5.74, 6) is 0. The molecule has 0 saturated heterocycles. The molecule has 2 atom stereocenters. The first-order valence-corrected chi connectivity index (χ1v) is 5.45. The van der Waals surface area contributed by atoms with Gasteiger partial charge in [-0.15, -0.1) is 0 Å². The van der Waals surface area contributed by atoms with Gasteiger partial charge < -0.3 is 10.4 Å². The van der Waals surface area contributed by atoms with Gasteiger partial charge in [0.25, 0.3) is 5.69 Å². The molecule has 0 amide bonds. The number of aliphatic hydroxyl groups excluding tert-OH is 1. The maximum Gasteiger partial charge on any atom is 0.415 e. The second-order valence-corrected chi connectivity index (χ2v) is 4.00. The monoisotopic (exact) mass is 278 g/mol. The average Bonchev–Trinajstić information content (AvgIpc) is 2.34. The zero-order valence-corrected chi connectivity index (χ0v) is 10.0. The number of rotatable bonds is 5. The highest BCUT2D eigenvalue weighted by molar-refractivity contribution is 5.41. The Morgan fingerprint density at radius 2 is 2.00 bits per heavy atom. The van der Waals surface area contributed by atoms with Crippen molar-refractivity contribution in [2.24, 2.45) is 0 Å². The van der Waals surface area contributed by atoms with Gasteiger partial charge in [0.15, 0.2) is 6.10 Å². The molecule has 0 aromatic heterocycles. The van der Waals surface area contributed by atoms with E-state index in [0.29, 0.717) is 0 Å². The number of alkyl halides is 3. The van der Waals surface area contributed by atoms with Crippen molar-refractivity contribution in [1.82, 2.24) is 5.32 Å². The van der Waals surface area contributed by atoms with Crippen LogP contribution in [-0.4, -0.2) is 28.9 Å². The molecule has 106 valence electrons. The lowest BCUT2D eigenvalue weighted by molar-refractivity contribution is -0.385. The van der Waals surface area contributed by atoms with E-state index in [0.717, 1.165) is 0 Å². The van der Waals surface area contributed by atoms with E-state index in [-0.39, 0.29) is 11.3 Å². The minimum absolute atomic E-state index is 0.177. The molecule has 1 aromatic rings. The van der Waals surface area contributed by atoms with Crippen LogP contribution in [0.3, 0.4) is 0 Å². The number of nitrogens with one attached hydrogen (secondary N) is 1. The van der Waals surface area contributed by atoms with Gasteiger partial charge in [-0.1, -0.05) is 18.2 Å². The summed E-state index contributed by atoms with van der Waals surface area (Å²) in [6.07, 6.45) is -7.22. The van der Waals surface area contributed by atoms with Crippen LogP contribution in [0.2, 0.25) is 0 Å². The van der Waals surface area contributed by atoms with Crippen molar-refractivity contribution in [1.29, 1.82) is 0 Å². The van der Waals surface area contributed by atoms with Gasteiger partial charge in [0.05, 0.1) is 4.92 Å². The molecule has 0 saturated carbocycles. The van der Waals surface area contributed by atoms with Gasteiger partial charge in [-0.25, -0.2) is 0 Å². The van der Waals surface area contributed by atoms with Crippen LogP contribution in [0.25, 0.3) is 0 Å². The van der Waals surface area contributed by atoms with Crippen LogP contribution >= 0.6 is 0 Å². The van der Waals surface area contributed by atoms with Crippen LogP contribution in [0.1, 0.15) is 18.5 Å². The van der Waals surface area contributed by atoms with E-state index in [9.17, 15) is 23.3 Å². The fourth-order valence-electron chi connectivity index (χ4n) is 1.53. The summed E-state index contributed by atoms with van der Waals surface area (Å²) in [5.41, 5.74) is 0.0888. The van der Waals surface area contributed by atoms with Gasteiger partial charge in [-0.3, -0.25) is 10.1 Å². The highest BCUT2D eigenvalue weighted by atomic mass is 19.4. The average molecular weight is 278 g/mol. The molecule has 0 aliphatic carbocycles. The Kier molecular flexibility index (Phi) is 4.84. The van der Waals surface area contributed by atoms with Crippen molar-refractivity contribution < 1.29 is 23.2 Å². The summed E-state index contributed by atoms with van der Waals surface area (Å²) in [4.78, 5) is 10.2. The lowest BCUT2D eigenvalue weighted by atomic mass is 10.1. The van der Waals surface area contributed by atoms with Gasteiger partial charge in [0, 0.05) is 24.2 Å². The van der Waals surface area contributed by atoms with Gasteiger partial charge >= 0.3 is 6.18 Å². The molecular weight excluding hydrogens is 265 g/mol. The summed E-state index contributed by atoms with van der Waals surface area (Å²) < 4.78 is 36.3. The molecule has 2 unspecified atom stereocenters. The highest BCUT2D eigenvalue weighted by Crippen LogP contribution is 2.25. The minimum Gasteiger partial charge on any atom is -0.382 e. The third-order valence-electron chi connectivity index (χ3n) is 2.60. The molecule has 1 aromatic carbocycles. The van der Waals surface area contributed by atoms with E-state index in [2.05, 4.69) is 5.32 Å². The third kappa shape index (κ3) is 4.18. The second-order valence-electron chi connectivity index (χ2n) is 4.00. The number of aliphatic hydroxyl groups is 1. The Hall–Kier alpha value is -1.67. The quantitative estimate of drug-likeness (QED) is 0.639. The number of nitrogens with zero attached hydrogens (tertiary/aromatic N) is 1. The molecular formula is C11H13F3N2O3. The molecule has 0 fully saturated rings. The van der Waals surface area contributed by atoms with Crippen LogP contribution in [0.4, 0.5) is 18.9 Å². The summed E-state index contributed by atoms with van der Waals surface area (Å²) in [6.45, 7) is 0.766. The molecule has 0 bridgehead atoms. The number of benzene rings is 1. The summed E-state index contributed by atoms with van der Waals surface area (Å²) >= 11 is 0. The zero-order valence-electron chi connectivity index (χ0n) is 10.0. The number of nitro benzene ring substituents is 1. The number of hydrogen-bond acceptors (Lipinski definition) is 4. The second kappa shape index (κ2) is 5.98.